The summed E-state index contributed by atoms with van der Waals surface area (Å²) in [6.45, 7) is 4.59. The summed E-state index contributed by atoms with van der Waals surface area (Å²) in [4.78, 5) is 12.9. The van der Waals surface area contributed by atoms with E-state index in [1.165, 1.54) is 6.08 Å². The summed E-state index contributed by atoms with van der Waals surface area (Å²) in [5.41, 5.74) is 0.628. The van der Waals surface area contributed by atoms with Crippen molar-refractivity contribution in [2.45, 2.75) is 0 Å². The number of benzene rings is 1. The number of ether oxygens (including phenoxy) is 2. The number of carboxylic acids is 1. The second-order valence-electron chi connectivity index (χ2n) is 4.78. The average Bonchev–Trinajstić information content (AvgIpc) is 2.48. The van der Waals surface area contributed by atoms with E-state index in [1.54, 1.807) is 12.1 Å². The van der Waals surface area contributed by atoms with Gasteiger partial charge in [0.1, 0.15) is 12.4 Å². The third kappa shape index (κ3) is 5.28. The van der Waals surface area contributed by atoms with Crippen LogP contribution in [0.4, 0.5) is 0 Å². The summed E-state index contributed by atoms with van der Waals surface area (Å²) in [7, 11) is 0. The van der Waals surface area contributed by atoms with Crippen LogP contribution in [0.1, 0.15) is 5.56 Å². The molecule has 1 fully saturated rings. The van der Waals surface area contributed by atoms with Crippen LogP contribution in [0.15, 0.2) is 22.7 Å². The molecule has 0 atom stereocenters. The largest absolute Gasteiger partial charge is 0.490 e. The molecule has 0 amide bonds. The van der Waals surface area contributed by atoms with E-state index in [2.05, 4.69) is 20.8 Å². The zero-order valence-electron chi connectivity index (χ0n) is 11.9. The van der Waals surface area contributed by atoms with E-state index in [0.717, 1.165) is 38.9 Å². The molecule has 1 N–H and O–H groups in total. The van der Waals surface area contributed by atoms with Gasteiger partial charge in [-0.2, -0.15) is 0 Å². The molecule has 1 aromatic carbocycles. The Hall–Kier alpha value is -1.08. The van der Waals surface area contributed by atoms with Crippen molar-refractivity contribution in [2.75, 3.05) is 39.5 Å². The molecule has 5 nitrogen and oxygen atoms in total. The highest BCUT2D eigenvalue weighted by atomic mass is 79.9. The summed E-state index contributed by atoms with van der Waals surface area (Å²) < 4.78 is 11.8. The van der Waals surface area contributed by atoms with Gasteiger partial charge >= 0.3 is 5.97 Å². The van der Waals surface area contributed by atoms with Crippen molar-refractivity contribution in [3.05, 3.63) is 33.3 Å². The number of carbonyl (C=O) groups is 1. The first-order valence-corrected chi connectivity index (χ1v) is 8.06. The smallest absolute Gasteiger partial charge is 0.328 e. The van der Waals surface area contributed by atoms with E-state index >= 15 is 0 Å². The fourth-order valence-corrected chi connectivity index (χ4v) is 3.07. The van der Waals surface area contributed by atoms with Gasteiger partial charge in [-0.15, -0.1) is 0 Å². The van der Waals surface area contributed by atoms with Crippen molar-refractivity contribution >= 4 is 39.6 Å². The van der Waals surface area contributed by atoms with Gasteiger partial charge in [0.15, 0.2) is 0 Å². The molecule has 0 bridgehead atoms. The van der Waals surface area contributed by atoms with Crippen LogP contribution in [0.2, 0.25) is 5.02 Å². The normalized spacial score (nSPS) is 16.1. The van der Waals surface area contributed by atoms with Gasteiger partial charge in [-0.05, 0) is 34.1 Å². The second-order valence-corrected chi connectivity index (χ2v) is 6.07. The van der Waals surface area contributed by atoms with Gasteiger partial charge < -0.3 is 14.6 Å². The molecule has 120 valence electrons. The van der Waals surface area contributed by atoms with Crippen molar-refractivity contribution in [3.63, 3.8) is 0 Å². The predicted molar refractivity (Wildman–Crippen MR) is 88.6 cm³/mol. The average molecular weight is 391 g/mol. The van der Waals surface area contributed by atoms with Crippen LogP contribution in [-0.4, -0.2) is 55.4 Å². The molecule has 0 unspecified atom stereocenters. The van der Waals surface area contributed by atoms with Crippen LogP contribution < -0.4 is 4.74 Å². The zero-order valence-corrected chi connectivity index (χ0v) is 14.3. The quantitative estimate of drug-likeness (QED) is 0.757. The first-order valence-electron chi connectivity index (χ1n) is 6.89. The van der Waals surface area contributed by atoms with E-state index in [9.17, 15) is 4.79 Å². The molecule has 0 radical (unpaired) electrons. The minimum atomic E-state index is -1.02. The Kier molecular flexibility index (Phi) is 6.70. The molecule has 1 saturated heterocycles. The maximum atomic E-state index is 10.7. The van der Waals surface area contributed by atoms with Gasteiger partial charge in [0.05, 0.1) is 17.7 Å². The van der Waals surface area contributed by atoms with Crippen molar-refractivity contribution in [2.24, 2.45) is 0 Å². The van der Waals surface area contributed by atoms with Gasteiger partial charge in [-0.25, -0.2) is 4.79 Å². The molecule has 0 aliphatic carbocycles. The number of nitrogens with zero attached hydrogens (tertiary/aromatic N) is 1. The van der Waals surface area contributed by atoms with E-state index in [4.69, 9.17) is 26.2 Å². The Bertz CT molecular complexity index is 559. The number of hydrogen-bond acceptors (Lipinski definition) is 4. The lowest BCUT2D eigenvalue weighted by atomic mass is 10.2. The first kappa shape index (κ1) is 17.3. The van der Waals surface area contributed by atoms with Crippen molar-refractivity contribution in [1.82, 2.24) is 4.90 Å². The van der Waals surface area contributed by atoms with E-state index in [1.807, 2.05) is 0 Å². The summed E-state index contributed by atoms with van der Waals surface area (Å²) in [5, 5.41) is 9.27. The van der Waals surface area contributed by atoms with Crippen LogP contribution in [-0.2, 0) is 9.53 Å². The van der Waals surface area contributed by atoms with Crippen LogP contribution >= 0.6 is 27.5 Å². The maximum absolute atomic E-state index is 10.7. The molecular formula is C15H17BrClNO4. The molecule has 0 spiro atoms. The lowest BCUT2D eigenvalue weighted by Gasteiger charge is -2.26. The van der Waals surface area contributed by atoms with E-state index in [0.29, 0.717) is 27.4 Å². The third-order valence-corrected chi connectivity index (χ3v) is 4.01. The second kappa shape index (κ2) is 8.53. The van der Waals surface area contributed by atoms with Crippen molar-refractivity contribution in [3.8, 4) is 5.75 Å². The van der Waals surface area contributed by atoms with Crippen LogP contribution in [0.25, 0.3) is 6.08 Å². The van der Waals surface area contributed by atoms with Crippen molar-refractivity contribution in [1.29, 1.82) is 0 Å². The fourth-order valence-electron chi connectivity index (χ4n) is 2.12. The Labute approximate surface area is 142 Å². The molecule has 0 aromatic heterocycles. The molecule has 2 rings (SSSR count). The molecule has 22 heavy (non-hydrogen) atoms. The lowest BCUT2D eigenvalue weighted by molar-refractivity contribution is -0.131. The summed E-state index contributed by atoms with van der Waals surface area (Å²) >= 11 is 9.41. The maximum Gasteiger partial charge on any atom is 0.328 e. The highest BCUT2D eigenvalue weighted by Gasteiger charge is 2.12. The Morgan fingerprint density at radius 3 is 2.86 bits per heavy atom. The minimum Gasteiger partial charge on any atom is -0.490 e. The van der Waals surface area contributed by atoms with Gasteiger partial charge in [-0.3, -0.25) is 4.90 Å². The highest BCUT2D eigenvalue weighted by Crippen LogP contribution is 2.33. The summed E-state index contributed by atoms with van der Waals surface area (Å²) in [6.07, 6.45) is 2.54. The Morgan fingerprint density at radius 1 is 1.45 bits per heavy atom. The van der Waals surface area contributed by atoms with Gasteiger partial charge in [0, 0.05) is 36.3 Å². The van der Waals surface area contributed by atoms with Gasteiger partial charge in [0.2, 0.25) is 0 Å². The SMILES string of the molecule is O=C(O)C=Cc1cc(Cl)cc(Br)c1OCCN1CCOCC1. The first-order chi connectivity index (χ1) is 10.6. The zero-order chi connectivity index (χ0) is 15.9. The Morgan fingerprint density at radius 2 is 2.18 bits per heavy atom. The van der Waals surface area contributed by atoms with Crippen LogP contribution in [0.5, 0.6) is 5.75 Å². The van der Waals surface area contributed by atoms with Crippen LogP contribution in [0, 0.1) is 0 Å². The number of carboxylic acid groups (broad SMARTS) is 1. The molecule has 7 heteroatoms. The van der Waals surface area contributed by atoms with Crippen LogP contribution in [0.3, 0.4) is 0 Å². The van der Waals surface area contributed by atoms with E-state index in [-0.39, 0.29) is 0 Å². The third-order valence-electron chi connectivity index (χ3n) is 3.20. The number of morpholine rings is 1. The fraction of sp³-hybridized carbons (Fsp3) is 0.400. The van der Waals surface area contributed by atoms with Gasteiger partial charge in [0.25, 0.3) is 0 Å². The van der Waals surface area contributed by atoms with Gasteiger partial charge in [-0.1, -0.05) is 11.6 Å². The Balaban J connectivity index is 2.03. The monoisotopic (exact) mass is 389 g/mol. The highest BCUT2D eigenvalue weighted by molar-refractivity contribution is 9.10. The number of rotatable bonds is 6. The number of hydrogen-bond donors (Lipinski definition) is 1. The summed E-state index contributed by atoms with van der Waals surface area (Å²) in [5.74, 6) is -0.425. The molecular weight excluding hydrogens is 374 g/mol. The number of halogens is 2. The predicted octanol–water partition coefficient (Wildman–Crippen LogP) is 2.91. The summed E-state index contributed by atoms with van der Waals surface area (Å²) in [6, 6.07) is 3.40. The molecule has 1 heterocycles. The molecule has 1 aromatic rings. The molecule has 1 aliphatic heterocycles. The molecule has 1 aliphatic rings. The topological polar surface area (TPSA) is 59.0 Å². The lowest BCUT2D eigenvalue weighted by Crippen LogP contribution is -2.38. The standard InChI is InChI=1S/C15H17BrClNO4/c16-13-10-12(17)9-11(1-2-14(19)20)15(13)22-8-5-18-3-6-21-7-4-18/h1-2,9-10H,3-8H2,(H,19,20). The molecule has 0 saturated carbocycles. The van der Waals surface area contributed by atoms with Crippen molar-refractivity contribution < 1.29 is 19.4 Å². The minimum absolute atomic E-state index is 0.508. The number of aliphatic carboxylic acids is 1. The van der Waals surface area contributed by atoms with E-state index < -0.39 is 5.97 Å².